The van der Waals surface area contributed by atoms with Gasteiger partial charge in [0.1, 0.15) is 5.75 Å². The van der Waals surface area contributed by atoms with Gasteiger partial charge in [0, 0.05) is 19.7 Å². The van der Waals surface area contributed by atoms with Crippen molar-refractivity contribution in [3.63, 3.8) is 0 Å². The first-order chi connectivity index (χ1) is 9.76. The molecule has 1 unspecified atom stereocenters. The normalized spacial score (nSPS) is 15.7. The van der Waals surface area contributed by atoms with Crippen LogP contribution >= 0.6 is 0 Å². The minimum atomic E-state index is -0.0110. The second-order valence-corrected chi connectivity index (χ2v) is 4.87. The van der Waals surface area contributed by atoms with Crippen molar-refractivity contribution in [3.8, 4) is 5.75 Å². The number of nitrogens with one attached hydrogen (secondary N) is 1. The van der Waals surface area contributed by atoms with Gasteiger partial charge in [-0.05, 0) is 25.1 Å². The summed E-state index contributed by atoms with van der Waals surface area (Å²) in [6.07, 6.45) is 1.05. The zero-order valence-corrected chi connectivity index (χ0v) is 12.1. The zero-order chi connectivity index (χ0) is 14.4. The number of benzene rings is 1. The fourth-order valence-electron chi connectivity index (χ4n) is 2.30. The maximum absolute atomic E-state index is 12.1. The molecule has 1 aromatic carbocycles. The van der Waals surface area contributed by atoms with E-state index in [1.54, 1.807) is 12.0 Å². The summed E-state index contributed by atoms with van der Waals surface area (Å²) in [5, 5.41) is 3.41. The molecule has 1 aliphatic rings. The van der Waals surface area contributed by atoms with Crippen LogP contribution in [0.4, 0.5) is 5.69 Å². The van der Waals surface area contributed by atoms with E-state index in [0.29, 0.717) is 13.2 Å². The summed E-state index contributed by atoms with van der Waals surface area (Å²) < 4.78 is 10.7. The predicted molar refractivity (Wildman–Crippen MR) is 78.2 cm³/mol. The summed E-state index contributed by atoms with van der Waals surface area (Å²) in [7, 11) is 1.68. The Morgan fingerprint density at radius 2 is 2.25 bits per heavy atom. The molecule has 1 aromatic rings. The average Bonchev–Trinajstić information content (AvgIpc) is 2.47. The lowest BCUT2D eigenvalue weighted by atomic mass is 10.2. The third kappa shape index (κ3) is 3.49. The lowest BCUT2D eigenvalue weighted by Gasteiger charge is -2.32. The monoisotopic (exact) mass is 278 g/mol. The molecule has 0 spiro atoms. The molecule has 5 heteroatoms. The highest BCUT2D eigenvalue weighted by atomic mass is 16.5. The predicted octanol–water partition coefficient (Wildman–Crippen LogP) is 1.43. The van der Waals surface area contributed by atoms with Gasteiger partial charge >= 0.3 is 0 Å². The average molecular weight is 278 g/mol. The highest BCUT2D eigenvalue weighted by Gasteiger charge is 2.27. The summed E-state index contributed by atoms with van der Waals surface area (Å²) in [4.78, 5) is 13.9. The van der Waals surface area contributed by atoms with Crippen molar-refractivity contribution in [1.29, 1.82) is 0 Å². The van der Waals surface area contributed by atoms with Crippen molar-refractivity contribution in [1.82, 2.24) is 5.32 Å². The van der Waals surface area contributed by atoms with Crippen LogP contribution in [0, 0.1) is 0 Å². The van der Waals surface area contributed by atoms with Crippen LogP contribution in [0.2, 0.25) is 0 Å². The first-order valence-corrected chi connectivity index (χ1v) is 7.00. The van der Waals surface area contributed by atoms with Gasteiger partial charge in [-0.25, -0.2) is 0 Å². The van der Waals surface area contributed by atoms with E-state index in [-0.39, 0.29) is 18.6 Å². The van der Waals surface area contributed by atoms with E-state index in [2.05, 4.69) is 12.2 Å². The van der Waals surface area contributed by atoms with Gasteiger partial charge in [-0.2, -0.15) is 0 Å². The van der Waals surface area contributed by atoms with Crippen molar-refractivity contribution in [2.75, 3.05) is 38.3 Å². The number of para-hydroxylation sites is 2. The Hall–Kier alpha value is -1.59. The number of ether oxygens (including phenoxy) is 2. The molecule has 0 bridgehead atoms. The highest BCUT2D eigenvalue weighted by molar-refractivity contribution is 5.97. The standard InChI is InChI=1S/C15H22N2O3/c1-3-8-16-12(10-19-2)9-17-13-6-4-5-7-14(13)20-11-15(17)18/h4-7,12,16H,3,8-11H2,1-2H3. The van der Waals surface area contributed by atoms with Crippen LogP contribution in [0.1, 0.15) is 13.3 Å². The number of rotatable bonds is 7. The van der Waals surface area contributed by atoms with E-state index >= 15 is 0 Å². The SMILES string of the molecule is CCCNC(COC)CN1C(=O)COc2ccccc21. The Bertz CT molecular complexity index is 450. The van der Waals surface area contributed by atoms with E-state index in [1.807, 2.05) is 24.3 Å². The zero-order valence-electron chi connectivity index (χ0n) is 12.1. The maximum atomic E-state index is 12.1. The molecule has 0 saturated carbocycles. The smallest absolute Gasteiger partial charge is 0.265 e. The Balaban J connectivity index is 2.11. The van der Waals surface area contributed by atoms with Crippen LogP contribution in [0.5, 0.6) is 5.75 Å². The lowest BCUT2D eigenvalue weighted by molar-refractivity contribution is -0.121. The number of carbonyl (C=O) groups excluding carboxylic acids is 1. The summed E-state index contributed by atoms with van der Waals surface area (Å²) in [5.74, 6) is 0.752. The lowest BCUT2D eigenvalue weighted by Crippen LogP contribution is -2.49. The molecule has 5 nitrogen and oxygen atoms in total. The summed E-state index contributed by atoms with van der Waals surface area (Å²) in [6.45, 7) is 4.30. The molecule has 0 radical (unpaired) electrons. The van der Waals surface area contributed by atoms with Crippen LogP contribution in [-0.4, -0.2) is 45.4 Å². The first kappa shape index (κ1) is 14.8. The molecule has 2 rings (SSSR count). The summed E-state index contributed by atoms with van der Waals surface area (Å²) in [6, 6.07) is 7.75. The van der Waals surface area contributed by atoms with E-state index in [1.165, 1.54) is 0 Å². The fourth-order valence-corrected chi connectivity index (χ4v) is 2.30. The van der Waals surface area contributed by atoms with Gasteiger partial charge in [0.2, 0.25) is 0 Å². The molecule has 0 aromatic heterocycles. The van der Waals surface area contributed by atoms with Crippen molar-refractivity contribution in [2.24, 2.45) is 0 Å². The molecule has 0 fully saturated rings. The number of anilines is 1. The molecule has 110 valence electrons. The highest BCUT2D eigenvalue weighted by Crippen LogP contribution is 2.31. The molecule has 0 saturated heterocycles. The van der Waals surface area contributed by atoms with Gasteiger partial charge in [0.15, 0.2) is 6.61 Å². The number of carbonyl (C=O) groups is 1. The van der Waals surface area contributed by atoms with Crippen molar-refractivity contribution >= 4 is 11.6 Å². The number of hydrogen-bond donors (Lipinski definition) is 1. The number of nitrogens with zero attached hydrogens (tertiary/aromatic N) is 1. The number of methoxy groups -OCH3 is 1. The largest absolute Gasteiger partial charge is 0.482 e. The van der Waals surface area contributed by atoms with Crippen molar-refractivity contribution < 1.29 is 14.3 Å². The second-order valence-electron chi connectivity index (χ2n) is 4.87. The molecule has 0 aliphatic carbocycles. The van der Waals surface area contributed by atoms with Crippen LogP contribution in [0.25, 0.3) is 0 Å². The van der Waals surface area contributed by atoms with Gasteiger partial charge in [-0.15, -0.1) is 0 Å². The van der Waals surface area contributed by atoms with Crippen LogP contribution in [-0.2, 0) is 9.53 Å². The Labute approximate surface area is 119 Å². The molecular weight excluding hydrogens is 256 g/mol. The topological polar surface area (TPSA) is 50.8 Å². The Kier molecular flexibility index (Phi) is 5.38. The summed E-state index contributed by atoms with van der Waals surface area (Å²) in [5.41, 5.74) is 0.836. The van der Waals surface area contributed by atoms with Gasteiger partial charge in [-0.1, -0.05) is 19.1 Å². The number of fused-ring (bicyclic) bond motifs is 1. The summed E-state index contributed by atoms with van der Waals surface area (Å²) >= 11 is 0. The van der Waals surface area contributed by atoms with Gasteiger partial charge in [-0.3, -0.25) is 4.79 Å². The minimum Gasteiger partial charge on any atom is -0.482 e. The first-order valence-electron chi connectivity index (χ1n) is 7.00. The van der Waals surface area contributed by atoms with Crippen molar-refractivity contribution in [2.45, 2.75) is 19.4 Å². The molecule has 1 atom stereocenters. The Morgan fingerprint density at radius 1 is 1.45 bits per heavy atom. The minimum absolute atomic E-state index is 0.0110. The van der Waals surface area contributed by atoms with Gasteiger partial charge < -0.3 is 19.7 Å². The second kappa shape index (κ2) is 7.26. The number of hydrogen-bond acceptors (Lipinski definition) is 4. The molecule has 1 heterocycles. The van der Waals surface area contributed by atoms with Crippen LogP contribution in [0.3, 0.4) is 0 Å². The van der Waals surface area contributed by atoms with Gasteiger partial charge in [0.05, 0.1) is 12.3 Å². The fraction of sp³-hybridized carbons (Fsp3) is 0.533. The Morgan fingerprint density at radius 3 is 3.00 bits per heavy atom. The van der Waals surface area contributed by atoms with E-state index in [9.17, 15) is 4.79 Å². The molecule has 20 heavy (non-hydrogen) atoms. The molecular formula is C15H22N2O3. The third-order valence-corrected chi connectivity index (χ3v) is 3.26. The van der Waals surface area contributed by atoms with Gasteiger partial charge in [0.25, 0.3) is 5.91 Å². The van der Waals surface area contributed by atoms with Crippen LogP contribution < -0.4 is 15.0 Å². The molecule has 1 N–H and O–H groups in total. The molecule has 1 amide bonds. The molecule has 1 aliphatic heterocycles. The van der Waals surface area contributed by atoms with E-state index < -0.39 is 0 Å². The number of amides is 1. The maximum Gasteiger partial charge on any atom is 0.265 e. The third-order valence-electron chi connectivity index (χ3n) is 3.26. The van der Waals surface area contributed by atoms with Crippen LogP contribution in [0.15, 0.2) is 24.3 Å². The van der Waals surface area contributed by atoms with E-state index in [0.717, 1.165) is 24.4 Å². The van der Waals surface area contributed by atoms with E-state index in [4.69, 9.17) is 9.47 Å². The van der Waals surface area contributed by atoms with Crippen molar-refractivity contribution in [3.05, 3.63) is 24.3 Å². The quantitative estimate of drug-likeness (QED) is 0.819.